The lowest BCUT2D eigenvalue weighted by atomic mass is 9.98. The molecular formula is C49H46N4O8. The van der Waals surface area contributed by atoms with Gasteiger partial charge in [0.15, 0.2) is 11.5 Å². The fraction of sp³-hybridized carbons (Fsp3) is 0.286. The molecule has 5 aromatic rings. The first-order chi connectivity index (χ1) is 29.7. The Balaban J connectivity index is 0.989. The van der Waals surface area contributed by atoms with Crippen LogP contribution in [-0.4, -0.2) is 69.7 Å². The van der Waals surface area contributed by atoms with Crippen molar-refractivity contribution in [3.05, 3.63) is 136 Å². The second kappa shape index (κ2) is 16.7. The number of hydrogen-bond donors (Lipinski definition) is 0. The van der Waals surface area contributed by atoms with Gasteiger partial charge in [-0.2, -0.15) is 0 Å². The van der Waals surface area contributed by atoms with Gasteiger partial charge in [0, 0.05) is 54.5 Å². The molecule has 12 nitrogen and oxygen atoms in total. The summed E-state index contributed by atoms with van der Waals surface area (Å²) >= 11 is 0. The molecule has 5 aromatic carbocycles. The van der Waals surface area contributed by atoms with E-state index in [2.05, 4.69) is 6.07 Å². The SMILES string of the molecule is COCCC(=O)N(CC=O)c1cc(COc2cc3c(cc2C)C(=O)N2c4ccccc4C[C@H]2CC3)cc(COc2cc3c(cc2OC)C(=O)N2c4ccccc4C[C@H]2C=N3)c1. The van der Waals surface area contributed by atoms with E-state index in [1.807, 2.05) is 90.8 Å². The van der Waals surface area contributed by atoms with E-state index in [-0.39, 0.29) is 62.6 Å². The lowest BCUT2D eigenvalue weighted by Crippen LogP contribution is -2.37. The Labute approximate surface area is 354 Å². The maximum atomic E-state index is 14.0. The van der Waals surface area contributed by atoms with Crippen LogP contribution in [0.15, 0.2) is 96.0 Å². The monoisotopic (exact) mass is 818 g/mol. The summed E-state index contributed by atoms with van der Waals surface area (Å²) in [7, 11) is 3.04. The van der Waals surface area contributed by atoms with E-state index in [9.17, 15) is 19.2 Å². The number of anilines is 3. The third kappa shape index (κ3) is 7.52. The molecule has 0 aliphatic carbocycles. The van der Waals surface area contributed by atoms with Crippen LogP contribution in [0, 0.1) is 6.92 Å². The van der Waals surface area contributed by atoms with Crippen molar-refractivity contribution in [3.8, 4) is 17.2 Å². The van der Waals surface area contributed by atoms with Crippen molar-refractivity contribution in [1.29, 1.82) is 0 Å². The second-order valence-corrected chi connectivity index (χ2v) is 15.8. The van der Waals surface area contributed by atoms with Crippen LogP contribution in [0.1, 0.15) is 66.9 Å². The van der Waals surface area contributed by atoms with Gasteiger partial charge >= 0.3 is 0 Å². The van der Waals surface area contributed by atoms with E-state index >= 15 is 0 Å². The molecule has 4 heterocycles. The third-order valence-corrected chi connectivity index (χ3v) is 12.0. The van der Waals surface area contributed by atoms with Crippen LogP contribution in [0.5, 0.6) is 17.2 Å². The number of rotatable bonds is 13. The Morgan fingerprint density at radius 3 is 2.20 bits per heavy atom. The van der Waals surface area contributed by atoms with E-state index in [1.165, 1.54) is 24.7 Å². The van der Waals surface area contributed by atoms with Crippen molar-refractivity contribution in [2.24, 2.45) is 4.99 Å². The van der Waals surface area contributed by atoms with E-state index in [1.54, 1.807) is 17.0 Å². The van der Waals surface area contributed by atoms with Gasteiger partial charge in [-0.3, -0.25) is 24.3 Å². The average molecular weight is 819 g/mol. The minimum absolute atomic E-state index is 0.0125. The standard InChI is InChI=1S/C49H46N4O8/c1-30-18-39-33(12-13-36-22-34-8-4-6-10-42(34)52(36)48(39)56)24-44(30)60-28-31-19-32(21-37(20-31)51(15-16-54)47(55)14-17-58-2)29-61-46-26-41-40(25-45(46)59-3)49(57)53-38(27-50-41)23-35-9-5-7-11-43(35)53/h4-11,16,18-21,24-27,36,38H,12-15,17,22-23,28-29H2,1-3H3/t36-,38+/m1/s1. The van der Waals surface area contributed by atoms with E-state index in [0.717, 1.165) is 52.9 Å². The molecule has 0 saturated carbocycles. The van der Waals surface area contributed by atoms with E-state index < -0.39 is 0 Å². The molecule has 0 radical (unpaired) electrons. The van der Waals surface area contributed by atoms with Crippen LogP contribution in [-0.2, 0) is 46.8 Å². The predicted molar refractivity (Wildman–Crippen MR) is 232 cm³/mol. The van der Waals surface area contributed by atoms with Crippen LogP contribution in [0.4, 0.5) is 22.7 Å². The van der Waals surface area contributed by atoms with Gasteiger partial charge in [0.25, 0.3) is 11.8 Å². The molecule has 0 unspecified atom stereocenters. The Hall–Kier alpha value is -6.79. The molecule has 61 heavy (non-hydrogen) atoms. The molecule has 4 aliphatic heterocycles. The molecule has 0 aromatic heterocycles. The molecule has 0 saturated heterocycles. The number of fused-ring (bicyclic) bond motifs is 8. The van der Waals surface area contributed by atoms with Crippen LogP contribution < -0.4 is 28.9 Å². The summed E-state index contributed by atoms with van der Waals surface area (Å²) in [5.74, 6) is 0.987. The number of nitrogens with zero attached hydrogens (tertiary/aromatic N) is 4. The van der Waals surface area contributed by atoms with Gasteiger partial charge in [0.1, 0.15) is 25.2 Å². The van der Waals surface area contributed by atoms with Crippen LogP contribution in [0.25, 0.3) is 0 Å². The third-order valence-electron chi connectivity index (χ3n) is 12.0. The number of aryl methyl sites for hydroxylation is 2. The summed E-state index contributed by atoms with van der Waals surface area (Å²) in [5.41, 5.74) is 9.45. The number of amides is 3. The average Bonchev–Trinajstić information content (AvgIpc) is 3.77. The van der Waals surface area contributed by atoms with Crippen molar-refractivity contribution in [1.82, 2.24) is 0 Å². The van der Waals surface area contributed by atoms with Gasteiger partial charge in [-0.25, -0.2) is 0 Å². The first kappa shape index (κ1) is 39.7. The van der Waals surface area contributed by atoms with Crippen LogP contribution >= 0.6 is 0 Å². The first-order valence-corrected chi connectivity index (χ1v) is 20.6. The number of hydrogen-bond acceptors (Lipinski definition) is 9. The lowest BCUT2D eigenvalue weighted by Gasteiger charge is -2.23. The number of aliphatic imine (C=N–C) groups is 1. The van der Waals surface area contributed by atoms with E-state index in [0.29, 0.717) is 58.0 Å². The highest BCUT2D eigenvalue weighted by atomic mass is 16.5. The zero-order valence-corrected chi connectivity index (χ0v) is 34.4. The number of methoxy groups -OCH3 is 2. The molecule has 310 valence electrons. The molecule has 9 rings (SSSR count). The minimum atomic E-state index is -0.272. The molecule has 3 amide bonds. The number of carbonyl (C=O) groups excluding carboxylic acids is 4. The smallest absolute Gasteiger partial charge is 0.261 e. The fourth-order valence-electron chi connectivity index (χ4n) is 9.04. The normalized spacial score (nSPS) is 17.0. The first-order valence-electron chi connectivity index (χ1n) is 20.6. The van der Waals surface area contributed by atoms with E-state index in [4.69, 9.17) is 23.9 Å². The zero-order valence-electron chi connectivity index (χ0n) is 34.4. The molecule has 0 fully saturated rings. The van der Waals surface area contributed by atoms with Crippen molar-refractivity contribution in [3.63, 3.8) is 0 Å². The Bertz CT molecular complexity index is 2600. The Morgan fingerprint density at radius 1 is 0.787 bits per heavy atom. The number of benzene rings is 5. The molecule has 4 aliphatic rings. The fourth-order valence-corrected chi connectivity index (χ4v) is 9.04. The highest BCUT2D eigenvalue weighted by Crippen LogP contribution is 2.42. The number of aldehydes is 1. The largest absolute Gasteiger partial charge is 0.493 e. The quantitative estimate of drug-likeness (QED) is 0.112. The van der Waals surface area contributed by atoms with Crippen molar-refractivity contribution in [2.45, 2.75) is 64.3 Å². The molecule has 0 bridgehead atoms. The summed E-state index contributed by atoms with van der Waals surface area (Å²) in [6.45, 7) is 2.18. The summed E-state index contributed by atoms with van der Waals surface area (Å²) < 4.78 is 23.8. The van der Waals surface area contributed by atoms with Gasteiger partial charge in [0.2, 0.25) is 5.91 Å². The van der Waals surface area contributed by atoms with Crippen LogP contribution in [0.3, 0.4) is 0 Å². The summed E-state index contributed by atoms with van der Waals surface area (Å²) in [4.78, 5) is 63.2. The predicted octanol–water partition coefficient (Wildman–Crippen LogP) is 7.54. The van der Waals surface area contributed by atoms with Gasteiger partial charge in [0.05, 0.1) is 44.0 Å². The van der Waals surface area contributed by atoms with Crippen LogP contribution in [0.2, 0.25) is 0 Å². The van der Waals surface area contributed by atoms with Gasteiger partial charge in [-0.15, -0.1) is 0 Å². The highest BCUT2D eigenvalue weighted by molar-refractivity contribution is 6.15. The molecule has 0 N–H and O–H groups in total. The molecule has 2 atom stereocenters. The maximum Gasteiger partial charge on any atom is 0.261 e. The minimum Gasteiger partial charge on any atom is -0.493 e. The maximum absolute atomic E-state index is 14.0. The highest BCUT2D eigenvalue weighted by Gasteiger charge is 2.38. The molecule has 0 spiro atoms. The summed E-state index contributed by atoms with van der Waals surface area (Å²) in [5, 5.41) is 0. The second-order valence-electron chi connectivity index (χ2n) is 15.8. The molecule has 12 heteroatoms. The van der Waals surface area contributed by atoms with Crippen molar-refractivity contribution < 1.29 is 38.1 Å². The summed E-state index contributed by atoms with van der Waals surface area (Å²) in [6.07, 6.45) is 5.70. The van der Waals surface area contributed by atoms with Gasteiger partial charge < -0.3 is 33.5 Å². The lowest BCUT2D eigenvalue weighted by molar-refractivity contribution is -0.120. The van der Waals surface area contributed by atoms with Crippen molar-refractivity contribution >= 4 is 53.0 Å². The molecular weight excluding hydrogens is 773 g/mol. The Morgan fingerprint density at radius 2 is 1.48 bits per heavy atom. The number of carbonyl (C=O) groups is 4. The van der Waals surface area contributed by atoms with Gasteiger partial charge in [-0.1, -0.05) is 36.4 Å². The Kier molecular flexibility index (Phi) is 10.9. The zero-order chi connectivity index (χ0) is 42.2. The summed E-state index contributed by atoms with van der Waals surface area (Å²) in [6, 6.07) is 28.8. The van der Waals surface area contributed by atoms with Gasteiger partial charge in [-0.05, 0) is 108 Å². The topological polar surface area (TPSA) is 127 Å². The van der Waals surface area contributed by atoms with Crippen molar-refractivity contribution in [2.75, 3.05) is 42.1 Å². The number of para-hydroxylation sites is 2. The number of ether oxygens (including phenoxy) is 4.